The Kier molecular flexibility index (Phi) is 5.00. The van der Waals surface area contributed by atoms with Gasteiger partial charge in [0.25, 0.3) is 5.91 Å². The Morgan fingerprint density at radius 1 is 1.20 bits per heavy atom. The molecule has 1 aliphatic carbocycles. The number of nitrogens with one attached hydrogen (secondary N) is 1. The quantitative estimate of drug-likeness (QED) is 0.561. The number of hydrogen-bond acceptors (Lipinski definition) is 3. The van der Waals surface area contributed by atoms with Crippen molar-refractivity contribution >= 4 is 17.7 Å². The summed E-state index contributed by atoms with van der Waals surface area (Å²) in [4.78, 5) is 39.1. The van der Waals surface area contributed by atoms with E-state index in [0.29, 0.717) is 18.5 Å². The highest BCUT2D eigenvalue weighted by Gasteiger charge is 2.56. The zero-order chi connectivity index (χ0) is 21.6. The lowest BCUT2D eigenvalue weighted by Gasteiger charge is -2.20. The van der Waals surface area contributed by atoms with E-state index in [1.54, 1.807) is 25.1 Å². The van der Waals surface area contributed by atoms with Crippen molar-refractivity contribution < 1.29 is 18.8 Å². The number of benzene rings is 1. The van der Waals surface area contributed by atoms with Crippen molar-refractivity contribution in [2.75, 3.05) is 6.54 Å². The van der Waals surface area contributed by atoms with Crippen molar-refractivity contribution in [3.05, 3.63) is 58.7 Å². The summed E-state index contributed by atoms with van der Waals surface area (Å²) in [5.74, 6) is -0.669. The average Bonchev–Trinajstić information content (AvgIpc) is 3.49. The van der Waals surface area contributed by atoms with Gasteiger partial charge in [-0.3, -0.25) is 14.5 Å². The Morgan fingerprint density at radius 2 is 1.87 bits per heavy atom. The van der Waals surface area contributed by atoms with Crippen LogP contribution in [0.2, 0.25) is 0 Å². The van der Waals surface area contributed by atoms with Crippen LogP contribution < -0.4 is 5.32 Å². The zero-order valence-corrected chi connectivity index (χ0v) is 17.5. The van der Waals surface area contributed by atoms with Gasteiger partial charge in [-0.15, -0.1) is 0 Å². The van der Waals surface area contributed by atoms with E-state index in [0.717, 1.165) is 34.7 Å². The third-order valence-electron chi connectivity index (χ3n) is 6.41. The molecule has 30 heavy (non-hydrogen) atoms. The van der Waals surface area contributed by atoms with E-state index in [9.17, 15) is 18.8 Å². The van der Waals surface area contributed by atoms with Gasteiger partial charge in [-0.1, -0.05) is 12.1 Å². The predicted molar refractivity (Wildman–Crippen MR) is 110 cm³/mol. The lowest BCUT2D eigenvalue weighted by Crippen LogP contribution is -2.46. The van der Waals surface area contributed by atoms with Crippen molar-refractivity contribution in [1.82, 2.24) is 14.8 Å². The topological polar surface area (TPSA) is 71.4 Å². The molecule has 158 valence electrons. The number of aryl methyl sites for hydroxylation is 2. The number of carbonyl (C=O) groups is 3. The molecule has 0 bridgehead atoms. The number of urea groups is 1. The summed E-state index contributed by atoms with van der Waals surface area (Å²) < 4.78 is 15.1. The van der Waals surface area contributed by atoms with Gasteiger partial charge in [0.15, 0.2) is 5.78 Å². The molecule has 2 aromatic rings. The first-order chi connectivity index (χ1) is 14.2. The maximum Gasteiger partial charge on any atom is 0.325 e. The fraction of sp³-hybridized carbons (Fsp3) is 0.435. The SMILES string of the molecule is Cc1cc(C(=O)CN2C(=O)N[C@](C)(C3CC3)C2=O)c(C)n1CCc1ccc(F)cc1. The molecular weight excluding hydrogens is 385 g/mol. The fourth-order valence-corrected chi connectivity index (χ4v) is 4.34. The van der Waals surface area contributed by atoms with Crippen molar-refractivity contribution in [2.24, 2.45) is 5.92 Å². The second kappa shape index (κ2) is 7.38. The number of nitrogens with zero attached hydrogens (tertiary/aromatic N) is 2. The number of Topliss-reactive ketones (excluding diaryl/α,β-unsaturated/α-hetero) is 1. The highest BCUT2D eigenvalue weighted by Crippen LogP contribution is 2.42. The molecule has 1 aromatic heterocycles. The zero-order valence-electron chi connectivity index (χ0n) is 17.5. The molecule has 1 saturated heterocycles. The number of halogens is 1. The number of hydrogen-bond donors (Lipinski definition) is 1. The molecule has 1 N–H and O–H groups in total. The van der Waals surface area contributed by atoms with Gasteiger partial charge in [-0.25, -0.2) is 9.18 Å². The van der Waals surface area contributed by atoms with Crippen LogP contribution in [0.25, 0.3) is 0 Å². The minimum absolute atomic E-state index is 0.158. The Bertz CT molecular complexity index is 1020. The molecule has 2 fully saturated rings. The number of rotatable bonds is 7. The molecule has 3 amide bonds. The van der Waals surface area contributed by atoms with Crippen molar-refractivity contribution in [3.8, 4) is 0 Å². The summed E-state index contributed by atoms with van der Waals surface area (Å²) in [7, 11) is 0. The van der Waals surface area contributed by atoms with Crippen LogP contribution in [0.1, 0.15) is 47.1 Å². The van der Waals surface area contributed by atoms with E-state index in [-0.39, 0.29) is 30.0 Å². The van der Waals surface area contributed by atoms with Gasteiger partial charge in [-0.2, -0.15) is 0 Å². The summed E-state index contributed by atoms with van der Waals surface area (Å²) >= 11 is 0. The standard InChI is InChI=1S/C23H26FN3O3/c1-14-12-19(15(2)26(14)11-10-16-4-8-18(24)9-5-16)20(28)13-27-21(29)23(3,17-6-7-17)25-22(27)30/h4-5,8-9,12,17H,6-7,10-11,13H2,1-3H3,(H,25,30)/t23-/m1/s1. The maximum absolute atomic E-state index is 13.1. The Balaban J connectivity index is 1.47. The Hall–Kier alpha value is -2.96. The summed E-state index contributed by atoms with van der Waals surface area (Å²) in [6.45, 7) is 5.93. The van der Waals surface area contributed by atoms with E-state index in [4.69, 9.17) is 0 Å². The molecule has 1 aromatic carbocycles. The van der Waals surface area contributed by atoms with Gasteiger partial charge in [0.2, 0.25) is 0 Å². The Morgan fingerprint density at radius 3 is 2.50 bits per heavy atom. The van der Waals surface area contributed by atoms with Crippen molar-refractivity contribution in [3.63, 3.8) is 0 Å². The normalized spacial score (nSPS) is 21.3. The summed E-state index contributed by atoms with van der Waals surface area (Å²) in [6.07, 6.45) is 2.54. The highest BCUT2D eigenvalue weighted by atomic mass is 19.1. The van der Waals surface area contributed by atoms with Gasteiger partial charge >= 0.3 is 6.03 Å². The van der Waals surface area contributed by atoms with Crippen LogP contribution in [0.5, 0.6) is 0 Å². The third kappa shape index (κ3) is 3.53. The molecule has 1 aliphatic heterocycles. The minimum Gasteiger partial charge on any atom is -0.348 e. The van der Waals surface area contributed by atoms with Crippen LogP contribution >= 0.6 is 0 Å². The first-order valence-corrected chi connectivity index (χ1v) is 10.3. The fourth-order valence-electron chi connectivity index (χ4n) is 4.34. The highest BCUT2D eigenvalue weighted by molar-refractivity contribution is 6.11. The lowest BCUT2D eigenvalue weighted by atomic mass is 9.96. The smallest absolute Gasteiger partial charge is 0.325 e. The van der Waals surface area contributed by atoms with Gasteiger partial charge in [0.1, 0.15) is 11.4 Å². The number of carbonyl (C=O) groups excluding carboxylic acids is 3. The van der Waals surface area contributed by atoms with Crippen molar-refractivity contribution in [1.29, 1.82) is 0 Å². The Labute approximate surface area is 175 Å². The van der Waals surface area contributed by atoms with Crippen molar-refractivity contribution in [2.45, 2.75) is 52.1 Å². The first kappa shape index (κ1) is 20.3. The molecule has 4 rings (SSSR count). The average molecular weight is 411 g/mol. The lowest BCUT2D eigenvalue weighted by molar-refractivity contribution is -0.131. The van der Waals surface area contributed by atoms with E-state index in [1.807, 2.05) is 18.4 Å². The molecule has 2 aliphatic rings. The second-order valence-electron chi connectivity index (χ2n) is 8.53. The van der Waals surface area contributed by atoms with E-state index >= 15 is 0 Å². The third-order valence-corrected chi connectivity index (χ3v) is 6.41. The molecule has 0 spiro atoms. The van der Waals surface area contributed by atoms with Crippen LogP contribution in [0.4, 0.5) is 9.18 Å². The number of ketones is 1. The minimum atomic E-state index is -0.886. The molecule has 2 heterocycles. The summed E-state index contributed by atoms with van der Waals surface area (Å²) in [6, 6.07) is 7.70. The van der Waals surface area contributed by atoms with Gasteiger partial charge in [0, 0.05) is 23.5 Å². The molecular formula is C23H26FN3O3. The molecule has 6 nitrogen and oxygen atoms in total. The van der Waals surface area contributed by atoms with E-state index in [2.05, 4.69) is 5.32 Å². The molecule has 7 heteroatoms. The first-order valence-electron chi connectivity index (χ1n) is 10.3. The van der Waals surface area contributed by atoms with E-state index < -0.39 is 11.6 Å². The van der Waals surface area contributed by atoms with Crippen LogP contribution in [0, 0.1) is 25.6 Å². The van der Waals surface area contributed by atoms with Crippen LogP contribution in [-0.2, 0) is 17.8 Å². The van der Waals surface area contributed by atoms with Gasteiger partial charge < -0.3 is 9.88 Å². The van der Waals surface area contributed by atoms with Crippen LogP contribution in [0.3, 0.4) is 0 Å². The second-order valence-corrected chi connectivity index (χ2v) is 8.53. The molecule has 0 unspecified atom stereocenters. The number of aromatic nitrogens is 1. The maximum atomic E-state index is 13.1. The van der Waals surface area contributed by atoms with Crippen LogP contribution in [-0.4, -0.2) is 39.3 Å². The molecule has 1 saturated carbocycles. The largest absolute Gasteiger partial charge is 0.348 e. The monoisotopic (exact) mass is 411 g/mol. The summed E-state index contributed by atoms with van der Waals surface area (Å²) in [5.41, 5.74) is 2.38. The van der Waals surface area contributed by atoms with E-state index in [1.165, 1.54) is 12.1 Å². The molecule has 0 radical (unpaired) electrons. The summed E-state index contributed by atoms with van der Waals surface area (Å²) in [5, 5.41) is 2.78. The van der Waals surface area contributed by atoms with Gasteiger partial charge in [-0.05, 0) is 69.7 Å². The number of imide groups is 1. The van der Waals surface area contributed by atoms with Gasteiger partial charge in [0.05, 0.1) is 6.54 Å². The molecule has 1 atom stereocenters. The predicted octanol–water partition coefficient (Wildman–Crippen LogP) is 3.39. The number of amides is 3. The van der Waals surface area contributed by atoms with Crippen LogP contribution in [0.15, 0.2) is 30.3 Å².